The van der Waals surface area contributed by atoms with Crippen LogP contribution in [0.4, 0.5) is 5.69 Å². The van der Waals surface area contributed by atoms with Crippen LogP contribution in [0.3, 0.4) is 0 Å². The molecule has 1 saturated heterocycles. The normalized spacial score (nSPS) is 21.2. The summed E-state index contributed by atoms with van der Waals surface area (Å²) < 4.78 is 0. The number of nitrogens with zero attached hydrogens (tertiary/aromatic N) is 2. The number of hydrogen-bond acceptors (Lipinski definition) is 3. The number of nitrogens with one attached hydrogen (secondary N) is 1. The first-order chi connectivity index (χ1) is 12.3. The van der Waals surface area contributed by atoms with E-state index in [1.807, 2.05) is 43.9 Å². The molecule has 2 amide bonds. The van der Waals surface area contributed by atoms with Gasteiger partial charge in [0.2, 0.25) is 11.8 Å². The van der Waals surface area contributed by atoms with E-state index in [1.54, 1.807) is 0 Å². The van der Waals surface area contributed by atoms with Crippen LogP contribution in [0.15, 0.2) is 24.3 Å². The molecule has 0 radical (unpaired) electrons. The topological polar surface area (TPSA) is 52.7 Å². The second-order valence-electron chi connectivity index (χ2n) is 8.59. The van der Waals surface area contributed by atoms with Gasteiger partial charge >= 0.3 is 0 Å². The molecule has 142 valence electrons. The number of fused-ring (bicyclic) bond motifs is 1. The van der Waals surface area contributed by atoms with Crippen LogP contribution in [0.5, 0.6) is 0 Å². The van der Waals surface area contributed by atoms with E-state index in [4.69, 9.17) is 0 Å². The average molecular weight is 357 g/mol. The van der Waals surface area contributed by atoms with Crippen molar-refractivity contribution in [1.29, 1.82) is 0 Å². The first-order valence-corrected chi connectivity index (χ1v) is 9.76. The van der Waals surface area contributed by atoms with Gasteiger partial charge in [-0.25, -0.2) is 0 Å². The Morgan fingerprint density at radius 3 is 2.69 bits per heavy atom. The zero-order valence-electron chi connectivity index (χ0n) is 16.3. The minimum absolute atomic E-state index is 0.0237. The molecule has 1 aromatic carbocycles. The standard InChI is InChI=1S/C21H31N3O2/c1-21(2,3)22-20(26)17-10-6-12-23(14-17)15-19(25)24-13-7-9-16-8-4-5-11-18(16)24/h4-5,8,11,17H,6-7,9-10,12-15H2,1-3H3,(H,22,26). The lowest BCUT2D eigenvalue weighted by molar-refractivity contribution is -0.129. The molecule has 2 heterocycles. The summed E-state index contributed by atoms with van der Waals surface area (Å²) in [5, 5.41) is 3.08. The second kappa shape index (κ2) is 7.78. The van der Waals surface area contributed by atoms with E-state index in [9.17, 15) is 9.59 Å². The molecule has 3 rings (SSSR count). The van der Waals surface area contributed by atoms with Gasteiger partial charge in [0.25, 0.3) is 0 Å². The summed E-state index contributed by atoms with van der Waals surface area (Å²) in [5.74, 6) is 0.233. The quantitative estimate of drug-likeness (QED) is 0.905. The van der Waals surface area contributed by atoms with Crippen molar-refractivity contribution in [2.45, 2.75) is 52.0 Å². The zero-order chi connectivity index (χ0) is 18.7. The Kier molecular flexibility index (Phi) is 5.66. The highest BCUT2D eigenvalue weighted by molar-refractivity contribution is 5.96. The van der Waals surface area contributed by atoms with Crippen molar-refractivity contribution < 1.29 is 9.59 Å². The Balaban J connectivity index is 1.61. The lowest BCUT2D eigenvalue weighted by Crippen LogP contribution is -2.51. The lowest BCUT2D eigenvalue weighted by atomic mass is 9.95. The van der Waals surface area contributed by atoms with Gasteiger partial charge in [-0.05, 0) is 64.6 Å². The van der Waals surface area contributed by atoms with Crippen LogP contribution in [-0.4, -0.2) is 48.4 Å². The number of rotatable bonds is 3. The summed E-state index contributed by atoms with van der Waals surface area (Å²) in [6, 6.07) is 8.19. The SMILES string of the molecule is CC(C)(C)NC(=O)C1CCCN(CC(=O)N2CCCc3ccccc32)C1. The molecular formula is C21H31N3O2. The summed E-state index contributed by atoms with van der Waals surface area (Å²) in [5.41, 5.74) is 2.10. The number of carbonyl (C=O) groups is 2. The van der Waals surface area contributed by atoms with Crippen molar-refractivity contribution in [3.05, 3.63) is 29.8 Å². The predicted molar refractivity (Wildman–Crippen MR) is 104 cm³/mol. The summed E-state index contributed by atoms with van der Waals surface area (Å²) in [6.45, 7) is 8.75. The molecule has 0 spiro atoms. The number of carbonyl (C=O) groups excluding carboxylic acids is 2. The number of likely N-dealkylation sites (tertiary alicyclic amines) is 1. The van der Waals surface area contributed by atoms with Crippen molar-refractivity contribution in [2.24, 2.45) is 5.92 Å². The van der Waals surface area contributed by atoms with Crippen LogP contribution in [0, 0.1) is 5.92 Å². The van der Waals surface area contributed by atoms with Gasteiger partial charge in [0, 0.05) is 24.3 Å². The highest BCUT2D eigenvalue weighted by Gasteiger charge is 2.30. The van der Waals surface area contributed by atoms with Crippen LogP contribution in [-0.2, 0) is 16.0 Å². The molecule has 1 fully saturated rings. The average Bonchev–Trinajstić information content (AvgIpc) is 2.60. The highest BCUT2D eigenvalue weighted by atomic mass is 16.2. The number of anilines is 1. The molecule has 1 N–H and O–H groups in total. The number of para-hydroxylation sites is 1. The van der Waals surface area contributed by atoms with Gasteiger partial charge in [0.05, 0.1) is 12.5 Å². The molecule has 1 aromatic rings. The van der Waals surface area contributed by atoms with E-state index >= 15 is 0 Å². The summed E-state index contributed by atoms with van der Waals surface area (Å²) in [7, 11) is 0. The number of hydrogen-bond donors (Lipinski definition) is 1. The van der Waals surface area contributed by atoms with Crippen molar-refractivity contribution in [3.63, 3.8) is 0 Å². The summed E-state index contributed by atoms with van der Waals surface area (Å²) >= 11 is 0. The van der Waals surface area contributed by atoms with E-state index in [0.717, 1.165) is 44.5 Å². The number of benzene rings is 1. The molecule has 2 aliphatic heterocycles. The van der Waals surface area contributed by atoms with Gasteiger partial charge < -0.3 is 10.2 Å². The van der Waals surface area contributed by atoms with E-state index in [2.05, 4.69) is 16.3 Å². The smallest absolute Gasteiger partial charge is 0.241 e. The van der Waals surface area contributed by atoms with Gasteiger partial charge in [-0.1, -0.05) is 18.2 Å². The molecule has 2 aliphatic rings. The van der Waals surface area contributed by atoms with Gasteiger partial charge in [-0.2, -0.15) is 0 Å². The molecule has 5 nitrogen and oxygen atoms in total. The number of amides is 2. The maximum atomic E-state index is 12.9. The molecular weight excluding hydrogens is 326 g/mol. The maximum Gasteiger partial charge on any atom is 0.241 e. The van der Waals surface area contributed by atoms with E-state index < -0.39 is 0 Å². The summed E-state index contributed by atoms with van der Waals surface area (Å²) in [6.07, 6.45) is 3.92. The van der Waals surface area contributed by atoms with Crippen molar-refractivity contribution in [3.8, 4) is 0 Å². The Labute approximate surface area is 156 Å². The number of aryl methyl sites for hydroxylation is 1. The highest BCUT2D eigenvalue weighted by Crippen LogP contribution is 2.27. The monoisotopic (exact) mass is 357 g/mol. The fourth-order valence-electron chi connectivity index (χ4n) is 3.95. The molecule has 26 heavy (non-hydrogen) atoms. The zero-order valence-corrected chi connectivity index (χ0v) is 16.3. The van der Waals surface area contributed by atoms with E-state index in [0.29, 0.717) is 13.1 Å². The molecule has 0 aliphatic carbocycles. The van der Waals surface area contributed by atoms with Gasteiger partial charge in [0.15, 0.2) is 0 Å². The van der Waals surface area contributed by atoms with Crippen LogP contribution < -0.4 is 10.2 Å². The third kappa shape index (κ3) is 4.64. The summed E-state index contributed by atoms with van der Waals surface area (Å²) in [4.78, 5) is 29.5. The fourth-order valence-corrected chi connectivity index (χ4v) is 3.95. The fraction of sp³-hybridized carbons (Fsp3) is 0.619. The van der Waals surface area contributed by atoms with Crippen LogP contribution in [0.1, 0.15) is 45.6 Å². The first-order valence-electron chi connectivity index (χ1n) is 9.76. The Morgan fingerprint density at radius 1 is 1.15 bits per heavy atom. The number of piperidine rings is 1. The third-order valence-electron chi connectivity index (χ3n) is 5.14. The van der Waals surface area contributed by atoms with Gasteiger partial charge in [0.1, 0.15) is 0 Å². The minimum atomic E-state index is -0.216. The van der Waals surface area contributed by atoms with Crippen molar-refractivity contribution in [1.82, 2.24) is 10.2 Å². The van der Waals surface area contributed by atoms with E-state index in [-0.39, 0.29) is 23.3 Å². The Morgan fingerprint density at radius 2 is 1.92 bits per heavy atom. The van der Waals surface area contributed by atoms with Crippen LogP contribution >= 0.6 is 0 Å². The predicted octanol–water partition coefficient (Wildman–Crippen LogP) is 2.59. The van der Waals surface area contributed by atoms with Crippen LogP contribution in [0.25, 0.3) is 0 Å². The third-order valence-corrected chi connectivity index (χ3v) is 5.14. The molecule has 1 atom stereocenters. The molecule has 0 saturated carbocycles. The Bertz CT molecular complexity index is 665. The van der Waals surface area contributed by atoms with E-state index in [1.165, 1.54) is 5.56 Å². The second-order valence-corrected chi connectivity index (χ2v) is 8.59. The molecule has 1 unspecified atom stereocenters. The minimum Gasteiger partial charge on any atom is -0.351 e. The lowest BCUT2D eigenvalue weighted by Gasteiger charge is -2.35. The van der Waals surface area contributed by atoms with Crippen LogP contribution in [0.2, 0.25) is 0 Å². The Hall–Kier alpha value is -1.88. The largest absolute Gasteiger partial charge is 0.351 e. The molecule has 5 heteroatoms. The van der Waals surface area contributed by atoms with Crippen molar-refractivity contribution >= 4 is 17.5 Å². The molecule has 0 aromatic heterocycles. The maximum absolute atomic E-state index is 12.9. The van der Waals surface area contributed by atoms with Gasteiger partial charge in [-0.15, -0.1) is 0 Å². The van der Waals surface area contributed by atoms with Crippen molar-refractivity contribution in [2.75, 3.05) is 31.1 Å². The van der Waals surface area contributed by atoms with Gasteiger partial charge in [-0.3, -0.25) is 14.5 Å². The first kappa shape index (κ1) is 18.9. The molecule has 0 bridgehead atoms.